The normalized spacial score (nSPS) is 19.0. The number of methoxy groups -OCH3 is 1. The first-order valence-electron chi connectivity index (χ1n) is 15.6. The van der Waals surface area contributed by atoms with Gasteiger partial charge in [-0.3, -0.25) is 0 Å². The van der Waals surface area contributed by atoms with Crippen LogP contribution in [0.1, 0.15) is 80.6 Å². The molecule has 1 heterocycles. The van der Waals surface area contributed by atoms with Crippen LogP contribution in [0, 0.1) is 0 Å². The van der Waals surface area contributed by atoms with Gasteiger partial charge in [-0.25, -0.2) is 4.79 Å². The quantitative estimate of drug-likeness (QED) is 0.224. The lowest BCUT2D eigenvalue weighted by Gasteiger charge is -2.20. The predicted octanol–water partition coefficient (Wildman–Crippen LogP) is 5.41. The number of benzene rings is 1. The molecule has 9 heteroatoms. The first-order valence-corrected chi connectivity index (χ1v) is 15.6. The lowest BCUT2D eigenvalue weighted by atomic mass is 10.0. The molecule has 1 unspecified atom stereocenters. The zero-order valence-electron chi connectivity index (χ0n) is 25.5. The van der Waals surface area contributed by atoms with Crippen LogP contribution in [-0.2, 0) is 39.6 Å². The highest BCUT2D eigenvalue weighted by Crippen LogP contribution is 2.23. The van der Waals surface area contributed by atoms with E-state index in [1.165, 1.54) is 52.1 Å². The van der Waals surface area contributed by atoms with Gasteiger partial charge in [-0.05, 0) is 37.0 Å². The van der Waals surface area contributed by atoms with Crippen LogP contribution in [0.15, 0.2) is 18.2 Å². The van der Waals surface area contributed by atoms with Crippen LogP contribution in [0.4, 0.5) is 0 Å². The highest BCUT2D eigenvalue weighted by molar-refractivity contribution is 5.92. The molecule has 0 N–H and O–H groups in total. The van der Waals surface area contributed by atoms with Gasteiger partial charge in [0.1, 0.15) is 24.0 Å². The first kappa shape index (κ1) is 35.4. The minimum absolute atomic E-state index is 0.221. The second kappa shape index (κ2) is 24.8. The Hall–Kier alpha value is -1.75. The van der Waals surface area contributed by atoms with Crippen molar-refractivity contribution in [3.63, 3.8) is 0 Å². The molecule has 0 aliphatic carbocycles. The van der Waals surface area contributed by atoms with Crippen molar-refractivity contribution in [1.82, 2.24) is 0 Å². The van der Waals surface area contributed by atoms with Crippen LogP contribution in [0.3, 0.4) is 0 Å². The second-order valence-corrected chi connectivity index (χ2v) is 10.2. The highest BCUT2D eigenvalue weighted by Gasteiger charge is 2.17. The van der Waals surface area contributed by atoms with E-state index < -0.39 is 5.97 Å². The van der Waals surface area contributed by atoms with E-state index in [4.69, 9.17) is 37.9 Å². The van der Waals surface area contributed by atoms with Gasteiger partial charge in [-0.1, -0.05) is 57.9 Å². The fraction of sp³-hybridized carbons (Fsp3) is 0.781. The maximum atomic E-state index is 12.6. The lowest BCUT2D eigenvalue weighted by molar-refractivity contribution is -0.0655. The number of aryl methyl sites for hydroxylation is 1. The molecule has 1 aliphatic rings. The topological polar surface area (TPSA) is 90.9 Å². The van der Waals surface area contributed by atoms with E-state index in [9.17, 15) is 4.79 Å². The molecule has 1 aliphatic heterocycles. The molecule has 1 atom stereocenters. The van der Waals surface area contributed by atoms with Gasteiger partial charge in [-0.15, -0.1) is 0 Å². The van der Waals surface area contributed by atoms with Gasteiger partial charge in [-0.2, -0.15) is 0 Å². The molecule has 0 bridgehead atoms. The molecule has 1 saturated heterocycles. The van der Waals surface area contributed by atoms with Gasteiger partial charge in [0.2, 0.25) is 0 Å². The summed E-state index contributed by atoms with van der Waals surface area (Å²) in [5, 5.41) is 0. The molecule has 2 rings (SSSR count). The van der Waals surface area contributed by atoms with Crippen LogP contribution < -0.4 is 4.74 Å². The van der Waals surface area contributed by atoms with Crippen molar-refractivity contribution in [2.24, 2.45) is 0 Å². The van der Waals surface area contributed by atoms with E-state index in [1.54, 1.807) is 0 Å². The molecule has 9 nitrogen and oxygen atoms in total. The second-order valence-electron chi connectivity index (χ2n) is 10.2. The Morgan fingerprint density at radius 1 is 0.756 bits per heavy atom. The third-order valence-electron chi connectivity index (χ3n) is 6.77. The maximum absolute atomic E-state index is 12.6. The first-order chi connectivity index (χ1) is 20.2. The van der Waals surface area contributed by atoms with E-state index in [0.29, 0.717) is 84.0 Å². The van der Waals surface area contributed by atoms with Crippen molar-refractivity contribution in [2.75, 3.05) is 86.4 Å². The summed E-state index contributed by atoms with van der Waals surface area (Å²) >= 11 is 0. The average molecular weight is 583 g/mol. The van der Waals surface area contributed by atoms with E-state index in [0.717, 1.165) is 24.8 Å². The van der Waals surface area contributed by atoms with E-state index in [1.807, 2.05) is 18.2 Å². The van der Waals surface area contributed by atoms with Gasteiger partial charge < -0.3 is 37.9 Å². The minimum Gasteiger partial charge on any atom is -0.490 e. The smallest absolute Gasteiger partial charge is 0.341 e. The van der Waals surface area contributed by atoms with E-state index >= 15 is 0 Å². The molecule has 0 spiro atoms. The van der Waals surface area contributed by atoms with Crippen molar-refractivity contribution in [3.8, 4) is 5.75 Å². The van der Waals surface area contributed by atoms with Gasteiger partial charge in [0.15, 0.2) is 0 Å². The van der Waals surface area contributed by atoms with Crippen LogP contribution >= 0.6 is 0 Å². The number of esters is 1. The Balaban J connectivity index is 1.85. The summed E-state index contributed by atoms with van der Waals surface area (Å²) < 4.78 is 45.2. The zero-order valence-corrected chi connectivity index (χ0v) is 25.5. The molecule has 1 aromatic carbocycles. The van der Waals surface area contributed by atoms with Gasteiger partial charge in [0.25, 0.3) is 0 Å². The molecule has 41 heavy (non-hydrogen) atoms. The summed E-state index contributed by atoms with van der Waals surface area (Å²) in [4.78, 5) is 12.6. The Morgan fingerprint density at radius 3 is 2.00 bits per heavy atom. The standard InChI is InChI=1S/C32H54O9/c1-3-4-5-6-7-8-9-10-12-28-13-14-31(30(25-28)32(33)34-2)41-27-29-26-39-22-21-37-19-17-35-15-11-16-36-18-20-38-23-24-40-29/h13-14,25,29H,3-12,15-24,26-27H2,1-2H3. The molecule has 0 radical (unpaired) electrons. The van der Waals surface area contributed by atoms with Crippen LogP contribution in [-0.4, -0.2) is 98.5 Å². The number of unbranched alkanes of at least 4 members (excludes halogenated alkanes) is 7. The summed E-state index contributed by atoms with van der Waals surface area (Å²) in [6.45, 7) is 7.91. The number of ether oxygens (including phenoxy) is 8. The highest BCUT2D eigenvalue weighted by atomic mass is 16.6. The minimum atomic E-state index is -0.410. The Bertz CT molecular complexity index is 754. The molecule has 236 valence electrons. The molecular formula is C32H54O9. The summed E-state index contributed by atoms with van der Waals surface area (Å²) in [5.74, 6) is 0.0691. The molecule has 1 fully saturated rings. The number of carbonyl (C=O) groups excluding carboxylic acids is 1. The van der Waals surface area contributed by atoms with Crippen LogP contribution in [0.2, 0.25) is 0 Å². The maximum Gasteiger partial charge on any atom is 0.341 e. The van der Waals surface area contributed by atoms with E-state index in [2.05, 4.69) is 6.92 Å². The number of hydrogen-bond acceptors (Lipinski definition) is 9. The molecule has 0 saturated carbocycles. The number of carbonyl (C=O) groups is 1. The van der Waals surface area contributed by atoms with Crippen molar-refractivity contribution < 1.29 is 42.7 Å². The Labute approximate surface area is 247 Å². The Morgan fingerprint density at radius 2 is 1.34 bits per heavy atom. The predicted molar refractivity (Wildman–Crippen MR) is 158 cm³/mol. The average Bonchev–Trinajstić information content (AvgIpc) is 2.99. The molecular weight excluding hydrogens is 528 g/mol. The molecule has 0 aromatic heterocycles. The van der Waals surface area contributed by atoms with Gasteiger partial charge in [0.05, 0.1) is 66.6 Å². The molecule has 1 aromatic rings. The number of hydrogen-bond donors (Lipinski definition) is 0. The van der Waals surface area contributed by atoms with Crippen molar-refractivity contribution in [2.45, 2.75) is 77.2 Å². The summed E-state index contributed by atoms with van der Waals surface area (Å²) in [6, 6.07) is 5.78. The van der Waals surface area contributed by atoms with Gasteiger partial charge >= 0.3 is 5.97 Å². The van der Waals surface area contributed by atoms with Gasteiger partial charge in [0, 0.05) is 13.2 Å². The SMILES string of the molecule is CCCCCCCCCCc1ccc(OCC2COCCOCCOCCCOCCOCCO2)c(C(=O)OC)c1. The summed E-state index contributed by atoms with van der Waals surface area (Å²) in [6.07, 6.45) is 11.6. The van der Waals surface area contributed by atoms with E-state index in [-0.39, 0.29) is 12.7 Å². The molecule has 0 amide bonds. The zero-order chi connectivity index (χ0) is 29.2. The van der Waals surface area contributed by atoms with Crippen molar-refractivity contribution >= 4 is 5.97 Å². The summed E-state index contributed by atoms with van der Waals surface area (Å²) in [7, 11) is 1.39. The van der Waals surface area contributed by atoms with Crippen LogP contribution in [0.25, 0.3) is 0 Å². The monoisotopic (exact) mass is 582 g/mol. The largest absolute Gasteiger partial charge is 0.490 e. The fourth-order valence-electron chi connectivity index (χ4n) is 4.43. The van der Waals surface area contributed by atoms with Crippen molar-refractivity contribution in [3.05, 3.63) is 29.3 Å². The number of rotatable bonds is 13. The van der Waals surface area contributed by atoms with Crippen LogP contribution in [0.5, 0.6) is 5.75 Å². The fourth-order valence-corrected chi connectivity index (χ4v) is 4.43. The van der Waals surface area contributed by atoms with Crippen molar-refractivity contribution in [1.29, 1.82) is 0 Å². The summed E-state index contributed by atoms with van der Waals surface area (Å²) in [5.41, 5.74) is 1.54. The third kappa shape index (κ3) is 17.7. The lowest BCUT2D eigenvalue weighted by Crippen LogP contribution is -2.30. The Kier molecular flexibility index (Phi) is 21.5. The third-order valence-corrected chi connectivity index (χ3v) is 6.77.